The second-order valence-corrected chi connectivity index (χ2v) is 6.71. The SMILES string of the molecule is CN(C)NC(=O)c1ccsc1NC(=O)CN1C(=O)c2ccccc2C1=O. The number of hydrazine groups is 1. The first-order valence-corrected chi connectivity index (χ1v) is 8.57. The molecule has 0 atom stereocenters. The lowest BCUT2D eigenvalue weighted by Crippen LogP contribution is -2.38. The summed E-state index contributed by atoms with van der Waals surface area (Å²) in [4.78, 5) is 49.9. The minimum absolute atomic E-state index is 0.285. The van der Waals surface area contributed by atoms with Gasteiger partial charge >= 0.3 is 0 Å². The molecule has 0 saturated heterocycles. The lowest BCUT2D eigenvalue weighted by molar-refractivity contribution is -0.116. The molecule has 26 heavy (non-hydrogen) atoms. The lowest BCUT2D eigenvalue weighted by atomic mass is 10.1. The highest BCUT2D eigenvalue weighted by Gasteiger charge is 2.36. The molecule has 1 aliphatic rings. The summed E-state index contributed by atoms with van der Waals surface area (Å²) in [6.45, 7) is -0.418. The summed E-state index contributed by atoms with van der Waals surface area (Å²) >= 11 is 1.18. The molecule has 0 saturated carbocycles. The van der Waals surface area contributed by atoms with E-state index in [9.17, 15) is 19.2 Å². The Kier molecular flexibility index (Phi) is 4.83. The van der Waals surface area contributed by atoms with Crippen LogP contribution in [0.15, 0.2) is 35.7 Å². The van der Waals surface area contributed by atoms with E-state index in [0.29, 0.717) is 10.6 Å². The Morgan fingerprint density at radius 2 is 1.69 bits per heavy atom. The molecule has 2 aromatic rings. The number of fused-ring (bicyclic) bond motifs is 1. The van der Waals surface area contributed by atoms with E-state index in [-0.39, 0.29) is 17.0 Å². The molecule has 9 heteroatoms. The number of amides is 4. The maximum atomic E-state index is 12.3. The van der Waals surface area contributed by atoms with Crippen LogP contribution in [0.3, 0.4) is 0 Å². The Hall–Kier alpha value is -3.04. The first-order valence-electron chi connectivity index (χ1n) is 7.69. The van der Waals surface area contributed by atoms with Crippen LogP contribution in [0.4, 0.5) is 5.00 Å². The number of imide groups is 1. The van der Waals surface area contributed by atoms with Gasteiger partial charge in [-0.3, -0.25) is 29.5 Å². The first kappa shape index (κ1) is 17.8. The monoisotopic (exact) mass is 372 g/mol. The van der Waals surface area contributed by atoms with Crippen molar-refractivity contribution >= 4 is 40.0 Å². The summed E-state index contributed by atoms with van der Waals surface area (Å²) in [7, 11) is 3.34. The molecule has 1 aliphatic heterocycles. The number of benzene rings is 1. The van der Waals surface area contributed by atoms with Crippen LogP contribution in [-0.2, 0) is 4.79 Å². The van der Waals surface area contributed by atoms with Crippen LogP contribution in [0.5, 0.6) is 0 Å². The Morgan fingerprint density at radius 3 is 2.27 bits per heavy atom. The van der Waals surface area contributed by atoms with Gasteiger partial charge in [-0.25, -0.2) is 5.01 Å². The van der Waals surface area contributed by atoms with E-state index >= 15 is 0 Å². The fourth-order valence-electron chi connectivity index (χ4n) is 2.54. The van der Waals surface area contributed by atoms with Gasteiger partial charge in [-0.15, -0.1) is 11.3 Å². The predicted octanol–water partition coefficient (Wildman–Crippen LogP) is 1.19. The Bertz CT molecular complexity index is 871. The van der Waals surface area contributed by atoms with Gasteiger partial charge in [0, 0.05) is 14.1 Å². The van der Waals surface area contributed by atoms with Gasteiger partial charge in [0.25, 0.3) is 17.7 Å². The molecule has 0 fully saturated rings. The number of rotatable bonds is 5. The van der Waals surface area contributed by atoms with Gasteiger partial charge in [0.15, 0.2) is 0 Å². The van der Waals surface area contributed by atoms with Crippen molar-refractivity contribution in [1.82, 2.24) is 15.3 Å². The largest absolute Gasteiger partial charge is 0.315 e. The van der Waals surface area contributed by atoms with Crippen molar-refractivity contribution in [2.45, 2.75) is 0 Å². The number of carbonyl (C=O) groups is 4. The zero-order valence-electron chi connectivity index (χ0n) is 14.1. The molecule has 8 nitrogen and oxygen atoms in total. The van der Waals surface area contributed by atoms with E-state index in [1.165, 1.54) is 16.3 Å². The van der Waals surface area contributed by atoms with E-state index in [4.69, 9.17) is 0 Å². The number of hydrogen-bond donors (Lipinski definition) is 2. The maximum absolute atomic E-state index is 12.3. The second-order valence-electron chi connectivity index (χ2n) is 5.79. The summed E-state index contributed by atoms with van der Waals surface area (Å²) < 4.78 is 0. The van der Waals surface area contributed by atoms with E-state index in [2.05, 4.69) is 10.7 Å². The lowest BCUT2D eigenvalue weighted by Gasteiger charge is -2.14. The molecular formula is C17H16N4O4S. The number of carbonyl (C=O) groups excluding carboxylic acids is 4. The van der Waals surface area contributed by atoms with Gasteiger partial charge in [0.05, 0.1) is 16.7 Å². The Labute approximate surface area is 153 Å². The van der Waals surface area contributed by atoms with Gasteiger partial charge < -0.3 is 5.32 Å². The van der Waals surface area contributed by atoms with Gasteiger partial charge in [-0.1, -0.05) is 12.1 Å². The Balaban J connectivity index is 1.70. The first-order chi connectivity index (χ1) is 12.4. The standard InChI is InChI=1S/C17H16N4O4S/c1-20(2)19-14(23)12-7-8-26-15(12)18-13(22)9-21-16(24)10-5-3-4-6-11(10)17(21)25/h3-8H,9H2,1-2H3,(H,18,22)(H,19,23). The summed E-state index contributed by atoms with van der Waals surface area (Å²) in [5.74, 6) is -1.93. The molecule has 0 bridgehead atoms. The van der Waals surface area contributed by atoms with E-state index in [1.807, 2.05) is 0 Å². The molecule has 2 N–H and O–H groups in total. The quantitative estimate of drug-likeness (QED) is 0.607. The van der Waals surface area contributed by atoms with Crippen molar-refractivity contribution in [2.75, 3.05) is 26.0 Å². The van der Waals surface area contributed by atoms with E-state index in [0.717, 1.165) is 4.90 Å². The third kappa shape index (κ3) is 3.35. The van der Waals surface area contributed by atoms with Crippen LogP contribution in [-0.4, -0.2) is 54.2 Å². The molecular weight excluding hydrogens is 356 g/mol. The topological polar surface area (TPSA) is 98.8 Å². The van der Waals surface area contributed by atoms with Crippen LogP contribution in [0, 0.1) is 0 Å². The number of nitrogens with one attached hydrogen (secondary N) is 2. The summed E-state index contributed by atoms with van der Waals surface area (Å²) in [6.07, 6.45) is 0. The summed E-state index contributed by atoms with van der Waals surface area (Å²) in [5, 5.41) is 6.11. The van der Waals surface area contributed by atoms with Gasteiger partial charge in [0.2, 0.25) is 5.91 Å². The van der Waals surface area contributed by atoms with Crippen LogP contribution < -0.4 is 10.7 Å². The van der Waals surface area contributed by atoms with Crippen molar-refractivity contribution < 1.29 is 19.2 Å². The molecule has 134 valence electrons. The molecule has 0 aliphatic carbocycles. The van der Waals surface area contributed by atoms with Crippen molar-refractivity contribution in [3.05, 3.63) is 52.4 Å². The third-order valence-corrected chi connectivity index (χ3v) is 4.50. The van der Waals surface area contributed by atoms with Crippen LogP contribution >= 0.6 is 11.3 Å². The molecule has 3 rings (SSSR count). The average molecular weight is 372 g/mol. The smallest absolute Gasteiger partial charge is 0.268 e. The normalized spacial score (nSPS) is 13.1. The summed E-state index contributed by atoms with van der Waals surface area (Å²) in [6, 6.07) is 8.01. The highest BCUT2D eigenvalue weighted by molar-refractivity contribution is 7.14. The van der Waals surface area contributed by atoms with Crippen molar-refractivity contribution in [3.63, 3.8) is 0 Å². The fourth-order valence-corrected chi connectivity index (χ4v) is 3.34. The molecule has 4 amide bonds. The van der Waals surface area contributed by atoms with Crippen LogP contribution in [0.2, 0.25) is 0 Å². The molecule has 0 unspecified atom stereocenters. The number of nitrogens with zero attached hydrogens (tertiary/aromatic N) is 2. The predicted molar refractivity (Wildman–Crippen MR) is 95.9 cm³/mol. The Morgan fingerprint density at radius 1 is 1.08 bits per heavy atom. The average Bonchev–Trinajstić information content (AvgIpc) is 3.14. The summed E-state index contributed by atoms with van der Waals surface area (Å²) in [5.41, 5.74) is 3.46. The molecule has 1 aromatic carbocycles. The number of hydrogen-bond acceptors (Lipinski definition) is 6. The number of anilines is 1. The van der Waals surface area contributed by atoms with E-state index < -0.39 is 24.3 Å². The molecule has 1 aromatic heterocycles. The third-order valence-electron chi connectivity index (χ3n) is 3.67. The van der Waals surface area contributed by atoms with Crippen LogP contribution in [0.25, 0.3) is 0 Å². The zero-order chi connectivity index (χ0) is 18.8. The fraction of sp³-hybridized carbons (Fsp3) is 0.176. The van der Waals surface area contributed by atoms with E-state index in [1.54, 1.807) is 49.8 Å². The molecule has 0 spiro atoms. The van der Waals surface area contributed by atoms with Crippen molar-refractivity contribution in [3.8, 4) is 0 Å². The minimum atomic E-state index is -0.555. The van der Waals surface area contributed by atoms with Gasteiger partial charge in [-0.2, -0.15) is 0 Å². The highest BCUT2D eigenvalue weighted by atomic mass is 32.1. The highest BCUT2D eigenvalue weighted by Crippen LogP contribution is 2.25. The number of thiophene rings is 1. The van der Waals surface area contributed by atoms with Crippen molar-refractivity contribution in [1.29, 1.82) is 0 Å². The second kappa shape index (κ2) is 7.06. The zero-order valence-corrected chi connectivity index (χ0v) is 14.9. The molecule has 2 heterocycles. The minimum Gasteiger partial charge on any atom is -0.315 e. The molecule has 0 radical (unpaired) electrons. The van der Waals surface area contributed by atoms with Crippen LogP contribution in [0.1, 0.15) is 31.1 Å². The van der Waals surface area contributed by atoms with Gasteiger partial charge in [-0.05, 0) is 23.6 Å². The van der Waals surface area contributed by atoms with Crippen molar-refractivity contribution in [2.24, 2.45) is 0 Å². The van der Waals surface area contributed by atoms with Gasteiger partial charge in [0.1, 0.15) is 11.5 Å². The maximum Gasteiger partial charge on any atom is 0.268 e.